The first-order valence-electron chi connectivity index (χ1n) is 5.55. The van der Waals surface area contributed by atoms with Gasteiger partial charge in [-0.05, 0) is 55.5 Å². The van der Waals surface area contributed by atoms with Gasteiger partial charge in [-0.3, -0.25) is 0 Å². The van der Waals surface area contributed by atoms with Crippen molar-refractivity contribution in [2.24, 2.45) is 5.73 Å². The zero-order valence-electron chi connectivity index (χ0n) is 10.3. The van der Waals surface area contributed by atoms with Crippen molar-refractivity contribution in [1.29, 1.82) is 0 Å². The lowest BCUT2D eigenvalue weighted by Crippen LogP contribution is -2.23. The minimum Gasteiger partial charge on any atom is -0.329 e. The average molecular weight is 206 g/mol. The van der Waals surface area contributed by atoms with Gasteiger partial charge >= 0.3 is 0 Å². The standard InChI is InChI=1S/C13H22N2/c1-9-7-10(2)12(4)13(11(9)3)8-15-6-5-14/h7,15H,5-6,8,14H2,1-4H3. The molecule has 0 atom stereocenters. The van der Waals surface area contributed by atoms with Gasteiger partial charge in [0.1, 0.15) is 0 Å². The van der Waals surface area contributed by atoms with Gasteiger partial charge in [-0.2, -0.15) is 0 Å². The van der Waals surface area contributed by atoms with Crippen LogP contribution in [0.25, 0.3) is 0 Å². The van der Waals surface area contributed by atoms with Gasteiger partial charge in [-0.15, -0.1) is 0 Å². The summed E-state index contributed by atoms with van der Waals surface area (Å²) >= 11 is 0. The van der Waals surface area contributed by atoms with Gasteiger partial charge in [0.05, 0.1) is 0 Å². The quantitative estimate of drug-likeness (QED) is 0.739. The van der Waals surface area contributed by atoms with Crippen molar-refractivity contribution in [3.8, 4) is 0 Å². The van der Waals surface area contributed by atoms with E-state index in [1.165, 1.54) is 27.8 Å². The van der Waals surface area contributed by atoms with E-state index >= 15 is 0 Å². The van der Waals surface area contributed by atoms with E-state index in [0.29, 0.717) is 6.54 Å². The maximum absolute atomic E-state index is 5.47. The summed E-state index contributed by atoms with van der Waals surface area (Å²) in [6, 6.07) is 2.26. The monoisotopic (exact) mass is 206 g/mol. The highest BCUT2D eigenvalue weighted by molar-refractivity contribution is 5.43. The van der Waals surface area contributed by atoms with E-state index in [1.54, 1.807) is 0 Å². The molecule has 0 saturated heterocycles. The molecule has 0 radical (unpaired) electrons. The number of hydrogen-bond acceptors (Lipinski definition) is 2. The predicted octanol–water partition coefficient (Wildman–Crippen LogP) is 1.97. The lowest BCUT2D eigenvalue weighted by molar-refractivity contribution is 0.688. The Kier molecular flexibility index (Phi) is 4.30. The number of rotatable bonds is 4. The normalized spacial score (nSPS) is 10.7. The van der Waals surface area contributed by atoms with Crippen molar-refractivity contribution >= 4 is 0 Å². The largest absolute Gasteiger partial charge is 0.329 e. The fourth-order valence-corrected chi connectivity index (χ4v) is 1.88. The molecule has 0 fully saturated rings. The van der Waals surface area contributed by atoms with Crippen LogP contribution < -0.4 is 11.1 Å². The zero-order chi connectivity index (χ0) is 11.4. The van der Waals surface area contributed by atoms with Crippen LogP contribution >= 0.6 is 0 Å². The summed E-state index contributed by atoms with van der Waals surface area (Å²) in [7, 11) is 0. The van der Waals surface area contributed by atoms with E-state index in [-0.39, 0.29) is 0 Å². The van der Waals surface area contributed by atoms with Crippen LogP contribution in [0.4, 0.5) is 0 Å². The molecule has 0 heterocycles. The summed E-state index contributed by atoms with van der Waals surface area (Å²) in [5, 5.41) is 3.36. The molecule has 1 aromatic rings. The van der Waals surface area contributed by atoms with Gasteiger partial charge < -0.3 is 11.1 Å². The number of nitrogens with two attached hydrogens (primary N) is 1. The Balaban J connectivity index is 2.94. The van der Waals surface area contributed by atoms with Crippen LogP contribution in [0, 0.1) is 27.7 Å². The second-order valence-electron chi connectivity index (χ2n) is 4.20. The number of aryl methyl sites for hydroxylation is 2. The molecule has 0 spiro atoms. The lowest BCUT2D eigenvalue weighted by Gasteiger charge is -2.15. The van der Waals surface area contributed by atoms with Gasteiger partial charge in [0.15, 0.2) is 0 Å². The van der Waals surface area contributed by atoms with Gasteiger partial charge in [-0.25, -0.2) is 0 Å². The molecule has 0 aliphatic carbocycles. The molecular weight excluding hydrogens is 184 g/mol. The Bertz CT molecular complexity index is 317. The molecule has 0 aliphatic rings. The Morgan fingerprint density at radius 1 is 1.07 bits per heavy atom. The van der Waals surface area contributed by atoms with Crippen LogP contribution in [0.2, 0.25) is 0 Å². The lowest BCUT2D eigenvalue weighted by atomic mass is 9.94. The van der Waals surface area contributed by atoms with Crippen LogP contribution in [0.5, 0.6) is 0 Å². The molecule has 0 aliphatic heterocycles. The summed E-state index contributed by atoms with van der Waals surface area (Å²) in [6.45, 7) is 11.2. The second kappa shape index (κ2) is 5.29. The molecule has 3 N–H and O–H groups in total. The third kappa shape index (κ3) is 2.80. The van der Waals surface area contributed by atoms with Crippen LogP contribution in [0.3, 0.4) is 0 Å². The Hall–Kier alpha value is -0.860. The van der Waals surface area contributed by atoms with Crippen molar-refractivity contribution in [1.82, 2.24) is 5.32 Å². The summed E-state index contributed by atoms with van der Waals surface area (Å²) in [5.74, 6) is 0. The van der Waals surface area contributed by atoms with Crippen molar-refractivity contribution in [3.63, 3.8) is 0 Å². The molecule has 84 valence electrons. The van der Waals surface area contributed by atoms with Crippen LogP contribution in [-0.4, -0.2) is 13.1 Å². The molecule has 0 aromatic heterocycles. The molecular formula is C13H22N2. The van der Waals surface area contributed by atoms with E-state index in [4.69, 9.17) is 5.73 Å². The molecule has 0 bridgehead atoms. The first kappa shape index (κ1) is 12.2. The molecule has 0 amide bonds. The zero-order valence-corrected chi connectivity index (χ0v) is 10.3. The SMILES string of the molecule is Cc1cc(C)c(C)c(CNCCN)c1C. The third-order valence-corrected chi connectivity index (χ3v) is 3.14. The van der Waals surface area contributed by atoms with Gasteiger partial charge in [0.25, 0.3) is 0 Å². The molecule has 2 heteroatoms. The summed E-state index contributed by atoms with van der Waals surface area (Å²) in [4.78, 5) is 0. The Labute approximate surface area is 92.9 Å². The first-order valence-corrected chi connectivity index (χ1v) is 5.55. The van der Waals surface area contributed by atoms with Crippen LogP contribution in [0.1, 0.15) is 27.8 Å². The minimum atomic E-state index is 0.697. The number of hydrogen-bond donors (Lipinski definition) is 2. The number of benzene rings is 1. The van der Waals surface area contributed by atoms with E-state index in [0.717, 1.165) is 13.1 Å². The third-order valence-electron chi connectivity index (χ3n) is 3.14. The maximum Gasteiger partial charge on any atom is 0.0211 e. The van der Waals surface area contributed by atoms with Crippen molar-refractivity contribution < 1.29 is 0 Å². The highest BCUT2D eigenvalue weighted by Crippen LogP contribution is 2.21. The molecule has 2 nitrogen and oxygen atoms in total. The van der Waals surface area contributed by atoms with E-state index in [1.807, 2.05) is 0 Å². The molecule has 0 unspecified atom stereocenters. The van der Waals surface area contributed by atoms with E-state index in [9.17, 15) is 0 Å². The van der Waals surface area contributed by atoms with Crippen LogP contribution in [0.15, 0.2) is 6.07 Å². The molecule has 1 rings (SSSR count). The Morgan fingerprint density at radius 3 is 2.07 bits per heavy atom. The maximum atomic E-state index is 5.47. The van der Waals surface area contributed by atoms with Crippen molar-refractivity contribution in [3.05, 3.63) is 33.9 Å². The van der Waals surface area contributed by atoms with Crippen LogP contribution in [-0.2, 0) is 6.54 Å². The summed E-state index contributed by atoms with van der Waals surface area (Å²) in [5.41, 5.74) is 12.5. The van der Waals surface area contributed by atoms with Crippen molar-refractivity contribution in [2.45, 2.75) is 34.2 Å². The van der Waals surface area contributed by atoms with Crippen molar-refractivity contribution in [2.75, 3.05) is 13.1 Å². The Morgan fingerprint density at radius 2 is 1.60 bits per heavy atom. The minimum absolute atomic E-state index is 0.697. The average Bonchev–Trinajstić information content (AvgIpc) is 2.20. The highest BCUT2D eigenvalue weighted by atomic mass is 14.9. The van der Waals surface area contributed by atoms with Gasteiger partial charge in [0, 0.05) is 19.6 Å². The summed E-state index contributed by atoms with van der Waals surface area (Å²) in [6.07, 6.45) is 0. The highest BCUT2D eigenvalue weighted by Gasteiger charge is 2.07. The second-order valence-corrected chi connectivity index (χ2v) is 4.20. The van der Waals surface area contributed by atoms with E-state index in [2.05, 4.69) is 39.1 Å². The van der Waals surface area contributed by atoms with Gasteiger partial charge in [0.2, 0.25) is 0 Å². The number of nitrogens with one attached hydrogen (secondary N) is 1. The topological polar surface area (TPSA) is 38.0 Å². The fourth-order valence-electron chi connectivity index (χ4n) is 1.88. The smallest absolute Gasteiger partial charge is 0.0211 e. The molecule has 1 aromatic carbocycles. The molecule has 15 heavy (non-hydrogen) atoms. The predicted molar refractivity (Wildman–Crippen MR) is 66.2 cm³/mol. The summed E-state index contributed by atoms with van der Waals surface area (Å²) < 4.78 is 0. The fraction of sp³-hybridized carbons (Fsp3) is 0.538. The van der Waals surface area contributed by atoms with Gasteiger partial charge in [-0.1, -0.05) is 6.07 Å². The molecule has 0 saturated carbocycles. The van der Waals surface area contributed by atoms with E-state index < -0.39 is 0 Å². The first-order chi connectivity index (χ1) is 7.07.